The van der Waals surface area contributed by atoms with Crippen molar-refractivity contribution in [3.63, 3.8) is 0 Å². The van der Waals surface area contributed by atoms with Crippen LogP contribution >= 0.6 is 0 Å². The minimum Gasteiger partial charge on any atom is -0.480 e. The highest BCUT2D eigenvalue weighted by atomic mass is 19.1. The fourth-order valence-corrected chi connectivity index (χ4v) is 5.35. The van der Waals surface area contributed by atoms with E-state index in [0.717, 1.165) is 47.3 Å². The van der Waals surface area contributed by atoms with Gasteiger partial charge in [0.2, 0.25) is 0 Å². The summed E-state index contributed by atoms with van der Waals surface area (Å²) < 4.78 is 18.2. The Morgan fingerprint density at radius 3 is 1.87 bits per heavy atom. The zero-order chi connectivity index (χ0) is 33.3. The van der Waals surface area contributed by atoms with Crippen molar-refractivity contribution in [2.45, 2.75) is 79.4 Å². The van der Waals surface area contributed by atoms with Crippen LogP contribution < -0.4 is 20.9 Å². The van der Waals surface area contributed by atoms with Gasteiger partial charge in [0.15, 0.2) is 0 Å². The summed E-state index contributed by atoms with van der Waals surface area (Å²) in [7, 11) is 2.05. The summed E-state index contributed by atoms with van der Waals surface area (Å²) in [5.41, 5.74) is 8.16. The first-order chi connectivity index (χ1) is 21.2. The van der Waals surface area contributed by atoms with Crippen LogP contribution in [0.3, 0.4) is 0 Å². The molecule has 0 radical (unpaired) electrons. The highest BCUT2D eigenvalue weighted by molar-refractivity contribution is 5.93. The summed E-state index contributed by atoms with van der Waals surface area (Å²) in [4.78, 5) is 25.4. The molecular weight excluding hydrogens is 571 g/mol. The Labute approximate surface area is 267 Å². The van der Waals surface area contributed by atoms with Gasteiger partial charge < -0.3 is 25.4 Å². The summed E-state index contributed by atoms with van der Waals surface area (Å²) >= 11 is 0. The van der Waals surface area contributed by atoms with E-state index in [-0.39, 0.29) is 12.4 Å². The van der Waals surface area contributed by atoms with Gasteiger partial charge in [0.25, 0.3) is 0 Å². The summed E-state index contributed by atoms with van der Waals surface area (Å²) in [6, 6.07) is 16.2. The molecule has 0 aliphatic carbocycles. The molecule has 4 rings (SSSR count). The molecule has 0 aromatic heterocycles. The predicted molar refractivity (Wildman–Crippen MR) is 181 cm³/mol. The Morgan fingerprint density at radius 1 is 0.867 bits per heavy atom. The highest BCUT2D eigenvalue weighted by Crippen LogP contribution is 2.35. The number of carboxylic acid groups (broad SMARTS) is 1. The molecular formula is C36H49FN4O4. The molecule has 3 aromatic carbocycles. The molecule has 9 heteroatoms. The number of piperidine rings is 1. The van der Waals surface area contributed by atoms with Gasteiger partial charge in [-0.1, -0.05) is 24.3 Å². The monoisotopic (exact) mass is 620 g/mol. The van der Waals surface area contributed by atoms with Crippen LogP contribution in [0, 0.1) is 33.5 Å². The van der Waals surface area contributed by atoms with E-state index in [1.807, 2.05) is 46.9 Å². The normalized spacial score (nSPS) is 13.5. The lowest BCUT2D eigenvalue weighted by atomic mass is 9.95. The van der Waals surface area contributed by atoms with Gasteiger partial charge >= 0.3 is 12.1 Å². The first-order valence-corrected chi connectivity index (χ1v) is 15.5. The number of ether oxygens (including phenoxy) is 1. The van der Waals surface area contributed by atoms with Crippen LogP contribution in [-0.4, -0.2) is 55.5 Å². The second kappa shape index (κ2) is 15.8. The first kappa shape index (κ1) is 35.4. The van der Waals surface area contributed by atoms with Crippen molar-refractivity contribution in [3.05, 3.63) is 87.7 Å². The van der Waals surface area contributed by atoms with E-state index in [4.69, 9.17) is 9.84 Å². The van der Waals surface area contributed by atoms with Crippen LogP contribution in [0.25, 0.3) is 0 Å². The van der Waals surface area contributed by atoms with Crippen LogP contribution in [0.1, 0.15) is 67.0 Å². The quantitative estimate of drug-likeness (QED) is 0.209. The molecule has 1 aliphatic rings. The molecule has 45 heavy (non-hydrogen) atoms. The molecule has 1 saturated heterocycles. The Bertz CT molecular complexity index is 1440. The van der Waals surface area contributed by atoms with E-state index >= 15 is 0 Å². The molecule has 0 atom stereocenters. The van der Waals surface area contributed by atoms with Gasteiger partial charge in [0, 0.05) is 24.8 Å². The van der Waals surface area contributed by atoms with Crippen molar-refractivity contribution in [1.29, 1.82) is 0 Å². The number of carbonyl (C=O) groups is 2. The van der Waals surface area contributed by atoms with E-state index in [2.05, 4.69) is 45.1 Å². The van der Waals surface area contributed by atoms with Crippen LogP contribution in [0.2, 0.25) is 0 Å². The van der Waals surface area contributed by atoms with E-state index < -0.39 is 17.7 Å². The number of amides is 1. The lowest BCUT2D eigenvalue weighted by molar-refractivity contribution is -0.134. The minimum atomic E-state index is -0.969. The topological polar surface area (TPSA) is 103 Å². The highest BCUT2D eigenvalue weighted by Gasteiger charge is 2.21. The van der Waals surface area contributed by atoms with Crippen molar-refractivity contribution in [2.24, 2.45) is 0 Å². The second-order valence-corrected chi connectivity index (χ2v) is 12.6. The van der Waals surface area contributed by atoms with E-state index in [1.54, 1.807) is 20.8 Å². The lowest BCUT2D eigenvalue weighted by Gasteiger charge is -2.33. The first-order valence-electron chi connectivity index (χ1n) is 15.5. The molecule has 0 unspecified atom stereocenters. The molecule has 1 amide bonds. The number of benzene rings is 3. The standard InChI is InChI=1S/C19H23FN2.C17H26N2O4/c1-21-18-10-12-22(13-11-18)19-8-4-16(5-9-19)14-15-2-6-17(20)7-3-15;1-9-10(2)12(4)15(19-16(22)23-17(5,6)7)14(11(9)3)18-8-13(20)21/h2-9,18,21H,10-14H2,1H3;18H,8H2,1-7H3,(H,19,22)(H,20,21). The molecule has 1 aliphatic heterocycles. The molecule has 3 aromatic rings. The van der Waals surface area contributed by atoms with Gasteiger partial charge in [0.05, 0.1) is 11.4 Å². The average Bonchev–Trinajstić information content (AvgIpc) is 2.99. The third-order valence-corrected chi connectivity index (χ3v) is 8.26. The van der Waals surface area contributed by atoms with Gasteiger partial charge in [-0.2, -0.15) is 0 Å². The number of anilines is 3. The molecule has 1 heterocycles. The summed E-state index contributed by atoms with van der Waals surface area (Å²) in [5, 5.41) is 17.9. The molecule has 1 fully saturated rings. The maximum atomic E-state index is 12.9. The fourth-order valence-electron chi connectivity index (χ4n) is 5.35. The molecule has 4 N–H and O–H groups in total. The van der Waals surface area contributed by atoms with Gasteiger partial charge in [-0.25, -0.2) is 9.18 Å². The smallest absolute Gasteiger partial charge is 0.412 e. The van der Waals surface area contributed by atoms with Crippen LogP contribution in [0.5, 0.6) is 0 Å². The Hall–Kier alpha value is -4.11. The summed E-state index contributed by atoms with van der Waals surface area (Å²) in [5.74, 6) is -1.15. The predicted octanol–water partition coefficient (Wildman–Crippen LogP) is 7.37. The zero-order valence-corrected chi connectivity index (χ0v) is 27.9. The number of nitrogens with one attached hydrogen (secondary N) is 3. The number of rotatable bonds is 8. The maximum absolute atomic E-state index is 12.9. The Morgan fingerprint density at radius 2 is 1.38 bits per heavy atom. The molecule has 8 nitrogen and oxygen atoms in total. The fraction of sp³-hybridized carbons (Fsp3) is 0.444. The number of carbonyl (C=O) groups excluding carboxylic acids is 1. The average molecular weight is 621 g/mol. The van der Waals surface area contributed by atoms with Crippen molar-refractivity contribution in [2.75, 3.05) is 42.2 Å². The van der Waals surface area contributed by atoms with E-state index in [9.17, 15) is 14.0 Å². The number of halogens is 1. The zero-order valence-electron chi connectivity index (χ0n) is 27.9. The third kappa shape index (κ3) is 10.5. The summed E-state index contributed by atoms with van der Waals surface area (Å²) in [6.45, 7) is 15.1. The number of aliphatic carboxylic acids is 1. The molecule has 244 valence electrons. The maximum Gasteiger partial charge on any atom is 0.412 e. The third-order valence-electron chi connectivity index (χ3n) is 8.26. The lowest BCUT2D eigenvalue weighted by Crippen LogP contribution is -2.41. The van der Waals surface area contributed by atoms with E-state index in [0.29, 0.717) is 17.4 Å². The number of carboxylic acids is 1. The van der Waals surface area contributed by atoms with E-state index in [1.165, 1.54) is 36.2 Å². The summed E-state index contributed by atoms with van der Waals surface area (Å²) in [6.07, 6.45) is 2.69. The van der Waals surface area contributed by atoms with Crippen molar-refractivity contribution >= 4 is 29.1 Å². The molecule has 0 bridgehead atoms. The molecule has 0 spiro atoms. The van der Waals surface area contributed by atoms with Gasteiger partial charge in [-0.3, -0.25) is 10.1 Å². The van der Waals surface area contributed by atoms with Gasteiger partial charge in [-0.05, 0) is 132 Å². The number of hydrogen-bond donors (Lipinski definition) is 4. The SMILES string of the molecule is CNC1CCN(c2ccc(Cc3ccc(F)cc3)cc2)CC1.Cc1c(C)c(C)c(NC(=O)OC(C)(C)C)c(NCC(=O)O)c1C. The van der Waals surface area contributed by atoms with Gasteiger partial charge in [0.1, 0.15) is 18.0 Å². The number of hydrogen-bond acceptors (Lipinski definition) is 6. The van der Waals surface area contributed by atoms with Crippen LogP contribution in [-0.2, 0) is 16.0 Å². The minimum absolute atomic E-state index is 0.177. The Kier molecular flexibility index (Phi) is 12.4. The van der Waals surface area contributed by atoms with Crippen LogP contribution in [0.15, 0.2) is 48.5 Å². The Balaban J connectivity index is 0.000000245. The van der Waals surface area contributed by atoms with Crippen molar-refractivity contribution in [1.82, 2.24) is 5.32 Å². The van der Waals surface area contributed by atoms with Crippen molar-refractivity contribution in [3.8, 4) is 0 Å². The number of nitrogens with zero attached hydrogens (tertiary/aromatic N) is 1. The second-order valence-electron chi connectivity index (χ2n) is 12.6. The largest absolute Gasteiger partial charge is 0.480 e. The van der Waals surface area contributed by atoms with Gasteiger partial charge in [-0.15, -0.1) is 0 Å². The van der Waals surface area contributed by atoms with Crippen molar-refractivity contribution < 1.29 is 23.8 Å². The van der Waals surface area contributed by atoms with Crippen LogP contribution in [0.4, 0.5) is 26.2 Å². The molecule has 0 saturated carbocycles.